The quantitative estimate of drug-likeness (QED) is 0.776. The minimum Gasteiger partial charge on any atom is -0.310 e. The molecule has 0 unspecified atom stereocenters. The molecule has 2 rings (SSSR count). The molecule has 2 heteroatoms. The van der Waals surface area contributed by atoms with Gasteiger partial charge in [0.2, 0.25) is 0 Å². The monoisotopic (exact) mass is 225 g/mol. The first-order valence-electron chi connectivity index (χ1n) is 4.36. The van der Waals surface area contributed by atoms with Crippen molar-refractivity contribution >= 4 is 15.9 Å². The Labute approximate surface area is 81.3 Å². The summed E-state index contributed by atoms with van der Waals surface area (Å²) in [7, 11) is 0. The molecule has 0 spiro atoms. The Kier molecular flexibility index (Phi) is 2.47. The van der Waals surface area contributed by atoms with E-state index in [1.165, 1.54) is 22.9 Å². The highest BCUT2D eigenvalue weighted by Gasteiger charge is 2.17. The van der Waals surface area contributed by atoms with Gasteiger partial charge in [0, 0.05) is 10.5 Å². The van der Waals surface area contributed by atoms with Crippen molar-refractivity contribution in [2.24, 2.45) is 0 Å². The van der Waals surface area contributed by atoms with E-state index in [1.54, 1.807) is 0 Å². The van der Waals surface area contributed by atoms with E-state index in [0.717, 1.165) is 6.54 Å². The van der Waals surface area contributed by atoms with Crippen LogP contribution in [0, 0.1) is 0 Å². The molecular formula is C10H12BrN. The zero-order chi connectivity index (χ0) is 8.39. The molecule has 0 radical (unpaired) electrons. The first-order chi connectivity index (χ1) is 5.88. The van der Waals surface area contributed by atoms with Crippen molar-refractivity contribution in [1.82, 2.24) is 5.32 Å². The highest BCUT2D eigenvalue weighted by molar-refractivity contribution is 9.10. The SMILES string of the molecule is Brc1ccccc1[C@@H]1CCCN1. The highest BCUT2D eigenvalue weighted by atomic mass is 79.9. The molecule has 1 aromatic rings. The minimum absolute atomic E-state index is 0.570. The van der Waals surface area contributed by atoms with E-state index in [1.807, 2.05) is 0 Å². The Morgan fingerprint density at radius 2 is 2.17 bits per heavy atom. The van der Waals surface area contributed by atoms with Gasteiger partial charge in [-0.05, 0) is 31.0 Å². The third-order valence-electron chi connectivity index (χ3n) is 2.34. The lowest BCUT2D eigenvalue weighted by molar-refractivity contribution is 0.645. The first-order valence-corrected chi connectivity index (χ1v) is 5.15. The third kappa shape index (κ3) is 1.54. The van der Waals surface area contributed by atoms with Gasteiger partial charge >= 0.3 is 0 Å². The third-order valence-corrected chi connectivity index (χ3v) is 3.06. The van der Waals surface area contributed by atoms with Crippen molar-refractivity contribution in [2.45, 2.75) is 18.9 Å². The molecule has 0 aliphatic carbocycles. The van der Waals surface area contributed by atoms with Crippen LogP contribution in [0.25, 0.3) is 0 Å². The number of hydrogen-bond acceptors (Lipinski definition) is 1. The summed E-state index contributed by atoms with van der Waals surface area (Å²) in [6.45, 7) is 1.16. The fourth-order valence-corrected chi connectivity index (χ4v) is 2.27. The molecule has 1 atom stereocenters. The van der Waals surface area contributed by atoms with Crippen molar-refractivity contribution in [2.75, 3.05) is 6.54 Å². The zero-order valence-corrected chi connectivity index (χ0v) is 8.47. The fourth-order valence-electron chi connectivity index (χ4n) is 1.71. The summed E-state index contributed by atoms with van der Waals surface area (Å²) in [6.07, 6.45) is 2.56. The second kappa shape index (κ2) is 3.58. The molecule has 1 N–H and O–H groups in total. The summed E-state index contributed by atoms with van der Waals surface area (Å²) < 4.78 is 1.23. The van der Waals surface area contributed by atoms with Crippen LogP contribution in [0.5, 0.6) is 0 Å². The van der Waals surface area contributed by atoms with Gasteiger partial charge in [0.05, 0.1) is 0 Å². The van der Waals surface area contributed by atoms with Gasteiger partial charge in [0.15, 0.2) is 0 Å². The van der Waals surface area contributed by atoms with Crippen LogP contribution >= 0.6 is 15.9 Å². The maximum absolute atomic E-state index is 3.57. The van der Waals surface area contributed by atoms with Gasteiger partial charge < -0.3 is 5.32 Å². The molecule has 1 aromatic carbocycles. The summed E-state index contributed by atoms with van der Waals surface area (Å²) in [5.74, 6) is 0. The van der Waals surface area contributed by atoms with Gasteiger partial charge in [-0.15, -0.1) is 0 Å². The normalized spacial score (nSPS) is 22.9. The van der Waals surface area contributed by atoms with Gasteiger partial charge in [-0.3, -0.25) is 0 Å². The first kappa shape index (κ1) is 8.27. The van der Waals surface area contributed by atoms with E-state index in [0.29, 0.717) is 6.04 Å². The largest absolute Gasteiger partial charge is 0.310 e. The number of nitrogens with one attached hydrogen (secondary N) is 1. The Morgan fingerprint density at radius 1 is 1.33 bits per heavy atom. The lowest BCUT2D eigenvalue weighted by atomic mass is 10.1. The molecule has 1 heterocycles. The van der Waals surface area contributed by atoms with Crippen LogP contribution in [0.15, 0.2) is 28.7 Å². The predicted molar refractivity (Wildman–Crippen MR) is 54.1 cm³/mol. The fraction of sp³-hybridized carbons (Fsp3) is 0.400. The summed E-state index contributed by atoms with van der Waals surface area (Å²) in [6, 6.07) is 9.02. The second-order valence-electron chi connectivity index (χ2n) is 3.17. The van der Waals surface area contributed by atoms with Gasteiger partial charge in [0.25, 0.3) is 0 Å². The molecule has 0 amide bonds. The lowest BCUT2D eigenvalue weighted by Crippen LogP contribution is -2.13. The van der Waals surface area contributed by atoms with Gasteiger partial charge in [-0.25, -0.2) is 0 Å². The summed E-state index contributed by atoms with van der Waals surface area (Å²) >= 11 is 3.57. The van der Waals surface area contributed by atoms with Crippen molar-refractivity contribution in [3.63, 3.8) is 0 Å². The average molecular weight is 226 g/mol. The van der Waals surface area contributed by atoms with E-state index in [2.05, 4.69) is 45.5 Å². The Bertz CT molecular complexity index is 266. The number of benzene rings is 1. The van der Waals surface area contributed by atoms with E-state index in [4.69, 9.17) is 0 Å². The molecule has 1 aliphatic heterocycles. The molecule has 0 bridgehead atoms. The van der Waals surface area contributed by atoms with Gasteiger partial charge in [-0.2, -0.15) is 0 Å². The van der Waals surface area contributed by atoms with E-state index >= 15 is 0 Å². The Morgan fingerprint density at radius 3 is 2.83 bits per heavy atom. The molecule has 64 valence electrons. The molecule has 1 aliphatic rings. The smallest absolute Gasteiger partial charge is 0.0331 e. The molecule has 1 saturated heterocycles. The summed E-state index contributed by atoms with van der Waals surface area (Å²) in [5, 5.41) is 3.48. The van der Waals surface area contributed by atoms with Crippen LogP contribution in [-0.2, 0) is 0 Å². The highest BCUT2D eigenvalue weighted by Crippen LogP contribution is 2.28. The Balaban J connectivity index is 2.26. The summed E-state index contributed by atoms with van der Waals surface area (Å²) in [5.41, 5.74) is 1.40. The van der Waals surface area contributed by atoms with Crippen LogP contribution in [-0.4, -0.2) is 6.54 Å². The number of halogens is 1. The van der Waals surface area contributed by atoms with Crippen molar-refractivity contribution < 1.29 is 0 Å². The standard InChI is InChI=1S/C10H12BrN/c11-9-5-2-1-4-8(9)10-6-3-7-12-10/h1-2,4-5,10,12H,3,6-7H2/t10-/m0/s1. The molecular weight excluding hydrogens is 214 g/mol. The van der Waals surface area contributed by atoms with E-state index in [-0.39, 0.29) is 0 Å². The predicted octanol–water partition coefficient (Wildman–Crippen LogP) is 2.87. The van der Waals surface area contributed by atoms with Crippen LogP contribution < -0.4 is 5.32 Å². The van der Waals surface area contributed by atoms with Gasteiger partial charge in [0.1, 0.15) is 0 Å². The number of hydrogen-bond donors (Lipinski definition) is 1. The zero-order valence-electron chi connectivity index (χ0n) is 6.89. The van der Waals surface area contributed by atoms with Crippen LogP contribution in [0.1, 0.15) is 24.4 Å². The lowest BCUT2D eigenvalue weighted by Gasteiger charge is -2.11. The molecule has 1 nitrogen and oxygen atoms in total. The van der Waals surface area contributed by atoms with E-state index in [9.17, 15) is 0 Å². The topological polar surface area (TPSA) is 12.0 Å². The molecule has 12 heavy (non-hydrogen) atoms. The molecule has 1 fully saturated rings. The van der Waals surface area contributed by atoms with Crippen LogP contribution in [0.4, 0.5) is 0 Å². The second-order valence-corrected chi connectivity index (χ2v) is 4.02. The van der Waals surface area contributed by atoms with Crippen molar-refractivity contribution in [1.29, 1.82) is 0 Å². The number of rotatable bonds is 1. The van der Waals surface area contributed by atoms with Crippen LogP contribution in [0.3, 0.4) is 0 Å². The van der Waals surface area contributed by atoms with Crippen molar-refractivity contribution in [3.05, 3.63) is 34.3 Å². The maximum Gasteiger partial charge on any atom is 0.0331 e. The minimum atomic E-state index is 0.570. The van der Waals surface area contributed by atoms with Crippen molar-refractivity contribution in [3.8, 4) is 0 Å². The average Bonchev–Trinajstić information content (AvgIpc) is 2.57. The van der Waals surface area contributed by atoms with Gasteiger partial charge in [-0.1, -0.05) is 34.1 Å². The molecule has 0 aromatic heterocycles. The summed E-state index contributed by atoms with van der Waals surface area (Å²) in [4.78, 5) is 0. The van der Waals surface area contributed by atoms with E-state index < -0.39 is 0 Å². The maximum atomic E-state index is 3.57. The van der Waals surface area contributed by atoms with Crippen LogP contribution in [0.2, 0.25) is 0 Å². The molecule has 0 saturated carbocycles. The Hall–Kier alpha value is -0.340.